The topological polar surface area (TPSA) is 17.1 Å². The maximum Gasteiger partial charge on any atom is 0.237 e. The van der Waals surface area contributed by atoms with Crippen molar-refractivity contribution in [1.29, 1.82) is 0 Å². The lowest BCUT2D eigenvalue weighted by molar-refractivity contribution is 0.105. The third kappa shape index (κ3) is 1.66. The molecule has 0 amide bonds. The van der Waals surface area contributed by atoms with Crippen LogP contribution in [0.3, 0.4) is 0 Å². The third-order valence-electron chi connectivity index (χ3n) is 1.50. The van der Waals surface area contributed by atoms with E-state index < -0.39 is 0 Å². The molecule has 1 aromatic carbocycles. The zero-order valence-electron chi connectivity index (χ0n) is 6.60. The Kier molecular flexibility index (Phi) is 2.52. The van der Waals surface area contributed by atoms with Crippen molar-refractivity contribution in [3.05, 3.63) is 34.3 Å². The van der Waals surface area contributed by atoms with Gasteiger partial charge >= 0.3 is 0 Å². The van der Waals surface area contributed by atoms with Crippen molar-refractivity contribution < 1.29 is 4.79 Å². The summed E-state index contributed by atoms with van der Waals surface area (Å²) in [6.07, 6.45) is 4.95. The Morgan fingerprint density at radius 2 is 2.25 bits per heavy atom. The molecule has 60 valence electrons. The first-order chi connectivity index (χ1) is 5.65. The summed E-state index contributed by atoms with van der Waals surface area (Å²) in [5.41, 5.74) is 1.40. The molecule has 0 unspecified atom stereocenters. The number of terminal acetylenes is 1. The number of carbonyl (C=O) groups is 1. The molecular weight excluding hydrogens is 172 g/mol. The van der Waals surface area contributed by atoms with Crippen molar-refractivity contribution >= 4 is 17.4 Å². The average Bonchev–Trinajstić information content (AvgIpc) is 2.03. The molecule has 0 aliphatic rings. The van der Waals surface area contributed by atoms with E-state index in [2.05, 4.69) is 0 Å². The molecule has 1 nitrogen and oxygen atoms in total. The van der Waals surface area contributed by atoms with Gasteiger partial charge in [-0.15, -0.1) is 6.42 Å². The molecule has 0 aliphatic heterocycles. The fraction of sp³-hybridized carbons (Fsp3) is 0.100. The average molecular weight is 179 g/mol. The van der Waals surface area contributed by atoms with E-state index in [-0.39, 0.29) is 5.78 Å². The van der Waals surface area contributed by atoms with Crippen LogP contribution in [0.5, 0.6) is 0 Å². The van der Waals surface area contributed by atoms with Gasteiger partial charge in [-0.25, -0.2) is 0 Å². The van der Waals surface area contributed by atoms with E-state index in [1.54, 1.807) is 18.2 Å². The van der Waals surface area contributed by atoms with Crippen molar-refractivity contribution in [2.45, 2.75) is 6.92 Å². The molecule has 0 spiro atoms. The van der Waals surface area contributed by atoms with Crippen LogP contribution in [0.1, 0.15) is 15.9 Å². The van der Waals surface area contributed by atoms with Crippen molar-refractivity contribution in [3.63, 3.8) is 0 Å². The van der Waals surface area contributed by atoms with Gasteiger partial charge in [-0.05, 0) is 30.5 Å². The summed E-state index contributed by atoms with van der Waals surface area (Å²) in [5, 5.41) is 0.415. The molecule has 0 radical (unpaired) electrons. The Balaban J connectivity index is 3.20. The highest BCUT2D eigenvalue weighted by molar-refractivity contribution is 6.35. The minimum atomic E-state index is -0.375. The lowest BCUT2D eigenvalue weighted by atomic mass is 10.1. The molecule has 0 atom stereocenters. The third-order valence-corrected chi connectivity index (χ3v) is 1.81. The van der Waals surface area contributed by atoms with Crippen LogP contribution in [-0.2, 0) is 0 Å². The first-order valence-electron chi connectivity index (χ1n) is 3.42. The fourth-order valence-corrected chi connectivity index (χ4v) is 1.20. The van der Waals surface area contributed by atoms with E-state index in [0.717, 1.165) is 5.56 Å². The fourth-order valence-electron chi connectivity index (χ4n) is 0.882. The molecule has 1 rings (SSSR count). The summed E-state index contributed by atoms with van der Waals surface area (Å²) in [5.74, 6) is 1.64. The molecule has 0 saturated heterocycles. The zero-order chi connectivity index (χ0) is 9.14. The number of hydrogen-bond donors (Lipinski definition) is 0. The Labute approximate surface area is 76.4 Å². The van der Waals surface area contributed by atoms with Crippen molar-refractivity contribution in [1.82, 2.24) is 0 Å². The predicted octanol–water partition coefficient (Wildman–Crippen LogP) is 2.46. The molecule has 0 N–H and O–H groups in total. The SMILES string of the molecule is C#CC(=O)c1ccc(C)cc1Cl. The zero-order valence-corrected chi connectivity index (χ0v) is 7.35. The van der Waals surface area contributed by atoms with Gasteiger partial charge in [0.2, 0.25) is 5.78 Å². The Morgan fingerprint density at radius 3 is 2.75 bits per heavy atom. The number of aryl methyl sites for hydroxylation is 1. The number of hydrogen-bond acceptors (Lipinski definition) is 1. The number of rotatable bonds is 1. The van der Waals surface area contributed by atoms with E-state index >= 15 is 0 Å². The quantitative estimate of drug-likeness (QED) is 0.367. The molecule has 12 heavy (non-hydrogen) atoms. The molecule has 2 heteroatoms. The summed E-state index contributed by atoms with van der Waals surface area (Å²) in [6.45, 7) is 1.90. The van der Waals surface area contributed by atoms with Crippen LogP contribution in [-0.4, -0.2) is 5.78 Å². The molecule has 0 aromatic heterocycles. The maximum absolute atomic E-state index is 11.0. The first kappa shape index (κ1) is 8.83. The van der Waals surface area contributed by atoms with Gasteiger partial charge in [-0.1, -0.05) is 17.7 Å². The largest absolute Gasteiger partial charge is 0.279 e. The van der Waals surface area contributed by atoms with Crippen LogP contribution in [0, 0.1) is 19.3 Å². The highest BCUT2D eigenvalue weighted by atomic mass is 35.5. The van der Waals surface area contributed by atoms with E-state index in [1.807, 2.05) is 12.8 Å². The van der Waals surface area contributed by atoms with Gasteiger partial charge in [0.25, 0.3) is 0 Å². The van der Waals surface area contributed by atoms with E-state index in [9.17, 15) is 4.79 Å². The molecule has 0 fully saturated rings. The highest BCUT2D eigenvalue weighted by Gasteiger charge is 2.06. The van der Waals surface area contributed by atoms with Crippen LogP contribution in [0.25, 0.3) is 0 Å². The summed E-state index contributed by atoms with van der Waals surface area (Å²) >= 11 is 5.79. The number of carbonyl (C=O) groups excluding carboxylic acids is 1. The van der Waals surface area contributed by atoms with Crippen molar-refractivity contribution in [2.24, 2.45) is 0 Å². The minimum absolute atomic E-state index is 0.375. The lowest BCUT2D eigenvalue weighted by Crippen LogP contribution is -1.95. The second-order valence-electron chi connectivity index (χ2n) is 2.46. The Bertz CT molecular complexity index is 361. The van der Waals surface area contributed by atoms with Gasteiger partial charge in [0.15, 0.2) is 0 Å². The van der Waals surface area contributed by atoms with Gasteiger partial charge in [-0.3, -0.25) is 4.79 Å². The normalized spacial score (nSPS) is 9.08. The number of ketones is 1. The molecule has 0 heterocycles. The van der Waals surface area contributed by atoms with E-state index in [0.29, 0.717) is 10.6 Å². The predicted molar refractivity (Wildman–Crippen MR) is 49.4 cm³/mol. The molecular formula is C10H7ClO. The van der Waals surface area contributed by atoms with Crippen LogP contribution >= 0.6 is 11.6 Å². The molecule has 0 bridgehead atoms. The van der Waals surface area contributed by atoms with E-state index in [1.165, 1.54) is 0 Å². The van der Waals surface area contributed by atoms with Gasteiger partial charge in [0, 0.05) is 5.56 Å². The van der Waals surface area contributed by atoms with Crippen LogP contribution < -0.4 is 0 Å². The monoisotopic (exact) mass is 178 g/mol. The van der Waals surface area contributed by atoms with Crippen molar-refractivity contribution in [2.75, 3.05) is 0 Å². The number of benzene rings is 1. The van der Waals surface area contributed by atoms with Crippen LogP contribution in [0.4, 0.5) is 0 Å². The number of halogens is 1. The summed E-state index contributed by atoms with van der Waals surface area (Å²) < 4.78 is 0. The van der Waals surface area contributed by atoms with Gasteiger partial charge in [0.1, 0.15) is 0 Å². The second kappa shape index (κ2) is 3.42. The second-order valence-corrected chi connectivity index (χ2v) is 2.86. The highest BCUT2D eigenvalue weighted by Crippen LogP contribution is 2.17. The van der Waals surface area contributed by atoms with E-state index in [4.69, 9.17) is 18.0 Å². The smallest absolute Gasteiger partial charge is 0.237 e. The summed E-state index contributed by atoms with van der Waals surface area (Å²) in [6, 6.07) is 5.16. The van der Waals surface area contributed by atoms with Gasteiger partial charge in [-0.2, -0.15) is 0 Å². The standard InChI is InChI=1S/C10H7ClO/c1-3-10(12)8-5-4-7(2)6-9(8)11/h1,4-6H,2H3. The Morgan fingerprint density at radius 1 is 1.58 bits per heavy atom. The van der Waals surface area contributed by atoms with Gasteiger partial charge in [0.05, 0.1) is 5.02 Å². The van der Waals surface area contributed by atoms with Crippen molar-refractivity contribution in [3.8, 4) is 12.3 Å². The minimum Gasteiger partial charge on any atom is -0.279 e. The van der Waals surface area contributed by atoms with Crippen LogP contribution in [0.2, 0.25) is 5.02 Å². The lowest BCUT2D eigenvalue weighted by Gasteiger charge is -1.98. The molecule has 0 saturated carbocycles. The summed E-state index contributed by atoms with van der Waals surface area (Å²) in [7, 11) is 0. The van der Waals surface area contributed by atoms with Crippen LogP contribution in [0.15, 0.2) is 18.2 Å². The van der Waals surface area contributed by atoms with Gasteiger partial charge < -0.3 is 0 Å². The Hall–Kier alpha value is -1.26. The number of Topliss-reactive ketones (excluding diaryl/α,β-unsaturated/α-hetero) is 1. The summed E-state index contributed by atoms with van der Waals surface area (Å²) in [4.78, 5) is 11.0. The maximum atomic E-state index is 11.0. The molecule has 0 aliphatic carbocycles. The molecule has 1 aromatic rings. The first-order valence-corrected chi connectivity index (χ1v) is 3.80.